The fraction of sp³-hybridized carbons (Fsp3) is 0.583. The fourth-order valence-electron chi connectivity index (χ4n) is 2.45. The molecule has 1 unspecified atom stereocenters. The van der Waals surface area contributed by atoms with E-state index in [1.165, 1.54) is 12.8 Å². The monoisotopic (exact) mass is 231 g/mol. The van der Waals surface area contributed by atoms with E-state index in [9.17, 15) is 0 Å². The lowest BCUT2D eigenvalue weighted by molar-refractivity contribution is 0.395. The van der Waals surface area contributed by atoms with Crippen LogP contribution < -0.4 is 5.73 Å². The first kappa shape index (κ1) is 10.7. The average Bonchev–Trinajstić information content (AvgIpc) is 2.99. The van der Waals surface area contributed by atoms with E-state index in [-0.39, 0.29) is 0 Å². The minimum atomic E-state index is -0.402. The third kappa shape index (κ3) is 1.53. The maximum Gasteiger partial charge on any atom is 0.164 e. The first-order valence-corrected chi connectivity index (χ1v) is 5.99. The van der Waals surface area contributed by atoms with Crippen molar-refractivity contribution < 1.29 is 0 Å². The summed E-state index contributed by atoms with van der Waals surface area (Å²) in [4.78, 5) is 4.46. The highest BCUT2D eigenvalue weighted by molar-refractivity contribution is 5.41. The molecule has 90 valence electrons. The Labute approximate surface area is 100 Å². The van der Waals surface area contributed by atoms with Crippen LogP contribution in [-0.2, 0) is 5.54 Å². The molecule has 0 aliphatic heterocycles. The molecule has 0 radical (unpaired) electrons. The number of hydrogen-bond acceptors (Lipinski definition) is 4. The van der Waals surface area contributed by atoms with Gasteiger partial charge in [0.05, 0.1) is 5.54 Å². The van der Waals surface area contributed by atoms with Crippen LogP contribution in [0.25, 0.3) is 5.65 Å². The zero-order chi connectivity index (χ0) is 12.2. The van der Waals surface area contributed by atoms with Crippen LogP contribution in [0.3, 0.4) is 0 Å². The lowest BCUT2D eigenvalue weighted by Crippen LogP contribution is -2.38. The van der Waals surface area contributed by atoms with Crippen molar-refractivity contribution in [1.29, 1.82) is 0 Å². The Kier molecular flexibility index (Phi) is 2.04. The molecule has 1 saturated carbocycles. The van der Waals surface area contributed by atoms with Crippen molar-refractivity contribution >= 4 is 5.65 Å². The molecule has 0 aromatic carbocycles. The second kappa shape index (κ2) is 3.26. The lowest BCUT2D eigenvalue weighted by Gasteiger charge is -2.22. The summed E-state index contributed by atoms with van der Waals surface area (Å²) in [6, 6.07) is 1.94. The molecular formula is C12H17N5. The van der Waals surface area contributed by atoms with E-state index in [1.807, 2.05) is 31.2 Å². The molecule has 0 spiro atoms. The van der Waals surface area contributed by atoms with Crippen LogP contribution in [0.1, 0.15) is 37.1 Å². The van der Waals surface area contributed by atoms with Gasteiger partial charge in [-0.25, -0.2) is 4.98 Å². The highest BCUT2D eigenvalue weighted by atomic mass is 15.3. The van der Waals surface area contributed by atoms with E-state index >= 15 is 0 Å². The van der Waals surface area contributed by atoms with Crippen LogP contribution in [0.15, 0.2) is 6.07 Å². The zero-order valence-corrected chi connectivity index (χ0v) is 10.4. The molecule has 17 heavy (non-hydrogen) atoms. The summed E-state index contributed by atoms with van der Waals surface area (Å²) in [7, 11) is 0. The molecule has 1 aliphatic carbocycles. The van der Waals surface area contributed by atoms with Crippen LogP contribution in [0.4, 0.5) is 0 Å². The molecule has 1 atom stereocenters. The van der Waals surface area contributed by atoms with E-state index in [4.69, 9.17) is 5.73 Å². The lowest BCUT2D eigenvalue weighted by atomic mass is 9.96. The van der Waals surface area contributed by atoms with Crippen LogP contribution in [0.2, 0.25) is 0 Å². The van der Waals surface area contributed by atoms with E-state index < -0.39 is 5.54 Å². The molecule has 0 bridgehead atoms. The molecule has 0 saturated heterocycles. The van der Waals surface area contributed by atoms with Crippen LogP contribution in [-0.4, -0.2) is 19.6 Å². The van der Waals surface area contributed by atoms with Gasteiger partial charge >= 0.3 is 0 Å². The minimum absolute atomic E-state index is 0.402. The van der Waals surface area contributed by atoms with Crippen molar-refractivity contribution in [1.82, 2.24) is 19.6 Å². The topological polar surface area (TPSA) is 69.1 Å². The Bertz CT molecular complexity index is 580. The van der Waals surface area contributed by atoms with Gasteiger partial charge in [0.1, 0.15) is 5.82 Å². The second-order valence-electron chi connectivity index (χ2n) is 5.22. The van der Waals surface area contributed by atoms with Crippen molar-refractivity contribution in [3.05, 3.63) is 23.4 Å². The first-order valence-electron chi connectivity index (χ1n) is 5.99. The molecular weight excluding hydrogens is 214 g/mol. The highest BCUT2D eigenvalue weighted by Gasteiger charge is 2.43. The Morgan fingerprint density at radius 1 is 1.35 bits per heavy atom. The molecule has 3 rings (SSSR count). The summed E-state index contributed by atoms with van der Waals surface area (Å²) in [6.45, 7) is 5.97. The van der Waals surface area contributed by atoms with Crippen molar-refractivity contribution in [2.45, 2.75) is 39.2 Å². The Hall–Kier alpha value is -1.49. The molecule has 2 N–H and O–H groups in total. The summed E-state index contributed by atoms with van der Waals surface area (Å²) in [5.41, 5.74) is 7.80. The zero-order valence-electron chi connectivity index (χ0n) is 10.4. The third-order valence-corrected chi connectivity index (χ3v) is 3.60. The van der Waals surface area contributed by atoms with E-state index in [1.54, 1.807) is 0 Å². The molecule has 2 aromatic rings. The number of aryl methyl sites for hydroxylation is 2. The number of rotatable bonds is 2. The number of aromatic nitrogens is 4. The van der Waals surface area contributed by atoms with Crippen molar-refractivity contribution in [3.8, 4) is 0 Å². The summed E-state index contributed by atoms with van der Waals surface area (Å²) in [6.07, 6.45) is 2.36. The van der Waals surface area contributed by atoms with Crippen molar-refractivity contribution in [3.63, 3.8) is 0 Å². The van der Waals surface area contributed by atoms with Crippen LogP contribution >= 0.6 is 0 Å². The standard InChI is InChI=1S/C12H17N5/c1-7-6-10-15-16-11(17(10)8(2)14-7)12(3,13)9-4-5-9/h6,9H,4-5,13H2,1-3H3. The number of nitrogens with two attached hydrogens (primary N) is 1. The van der Waals surface area contributed by atoms with Gasteiger partial charge in [0.2, 0.25) is 0 Å². The summed E-state index contributed by atoms with van der Waals surface area (Å²) >= 11 is 0. The SMILES string of the molecule is Cc1cc2nnc(C(C)(N)C3CC3)n2c(C)n1. The summed E-state index contributed by atoms with van der Waals surface area (Å²) < 4.78 is 1.98. The Morgan fingerprint density at radius 2 is 2.06 bits per heavy atom. The van der Waals surface area contributed by atoms with Gasteiger partial charge in [-0.15, -0.1) is 10.2 Å². The first-order chi connectivity index (χ1) is 8.00. The Balaban J connectivity index is 2.24. The molecule has 5 heteroatoms. The molecule has 1 aliphatic rings. The van der Waals surface area contributed by atoms with E-state index in [0.717, 1.165) is 23.0 Å². The van der Waals surface area contributed by atoms with Gasteiger partial charge in [0.15, 0.2) is 11.5 Å². The highest BCUT2D eigenvalue weighted by Crippen LogP contribution is 2.43. The minimum Gasteiger partial charge on any atom is -0.319 e. The van der Waals surface area contributed by atoms with E-state index in [2.05, 4.69) is 15.2 Å². The van der Waals surface area contributed by atoms with Crippen LogP contribution in [0.5, 0.6) is 0 Å². The summed E-state index contributed by atoms with van der Waals surface area (Å²) in [5, 5.41) is 8.49. The van der Waals surface area contributed by atoms with Crippen LogP contribution in [0, 0.1) is 19.8 Å². The van der Waals surface area contributed by atoms with Gasteiger partial charge in [0, 0.05) is 11.8 Å². The third-order valence-electron chi connectivity index (χ3n) is 3.60. The van der Waals surface area contributed by atoms with Crippen molar-refractivity contribution in [2.75, 3.05) is 0 Å². The normalized spacial score (nSPS) is 19.5. The maximum atomic E-state index is 6.41. The van der Waals surface area contributed by atoms with E-state index in [0.29, 0.717) is 5.92 Å². The van der Waals surface area contributed by atoms with Gasteiger partial charge in [-0.1, -0.05) is 0 Å². The molecule has 1 fully saturated rings. The van der Waals surface area contributed by atoms with Gasteiger partial charge < -0.3 is 5.73 Å². The fourth-order valence-corrected chi connectivity index (χ4v) is 2.45. The second-order valence-corrected chi connectivity index (χ2v) is 5.22. The smallest absolute Gasteiger partial charge is 0.164 e. The molecule has 2 heterocycles. The molecule has 0 amide bonds. The predicted octanol–water partition coefficient (Wildman–Crippen LogP) is 1.33. The molecule has 2 aromatic heterocycles. The Morgan fingerprint density at radius 3 is 2.71 bits per heavy atom. The maximum absolute atomic E-state index is 6.41. The number of nitrogens with zero attached hydrogens (tertiary/aromatic N) is 4. The average molecular weight is 231 g/mol. The van der Waals surface area contributed by atoms with Gasteiger partial charge in [-0.05, 0) is 39.5 Å². The van der Waals surface area contributed by atoms with Crippen molar-refractivity contribution in [2.24, 2.45) is 11.7 Å². The van der Waals surface area contributed by atoms with Gasteiger partial charge in [-0.2, -0.15) is 0 Å². The van der Waals surface area contributed by atoms with Gasteiger partial charge in [0.25, 0.3) is 0 Å². The van der Waals surface area contributed by atoms with Gasteiger partial charge in [-0.3, -0.25) is 4.40 Å². The summed E-state index contributed by atoms with van der Waals surface area (Å²) in [5.74, 6) is 2.26. The predicted molar refractivity (Wildman–Crippen MR) is 64.5 cm³/mol. The largest absolute Gasteiger partial charge is 0.319 e. The quantitative estimate of drug-likeness (QED) is 0.846. The number of fused-ring (bicyclic) bond motifs is 1. The molecule has 5 nitrogen and oxygen atoms in total. The number of hydrogen-bond donors (Lipinski definition) is 1.